The van der Waals surface area contributed by atoms with Crippen molar-refractivity contribution >= 4 is 5.97 Å². The minimum atomic E-state index is 0.0157. The molecule has 2 heteroatoms. The van der Waals surface area contributed by atoms with Crippen molar-refractivity contribution in [2.45, 2.75) is 52.6 Å². The number of esters is 1. The van der Waals surface area contributed by atoms with Gasteiger partial charge < -0.3 is 4.74 Å². The van der Waals surface area contributed by atoms with E-state index in [2.05, 4.69) is 20.8 Å². The quantitative estimate of drug-likeness (QED) is 0.603. The molecule has 2 nitrogen and oxygen atoms in total. The predicted octanol–water partition coefficient (Wildman–Crippen LogP) is 2.76. The van der Waals surface area contributed by atoms with Crippen LogP contribution in [0.4, 0.5) is 0 Å². The second-order valence-electron chi connectivity index (χ2n) is 5.59. The van der Waals surface area contributed by atoms with E-state index in [1.165, 1.54) is 6.42 Å². The molecule has 0 spiro atoms. The fourth-order valence-electron chi connectivity index (χ4n) is 2.88. The first-order chi connectivity index (χ1) is 6.51. The average molecular weight is 196 g/mol. The van der Waals surface area contributed by atoms with Crippen LogP contribution >= 0.6 is 0 Å². The zero-order valence-electron chi connectivity index (χ0n) is 9.38. The van der Waals surface area contributed by atoms with Gasteiger partial charge in [0.05, 0.1) is 6.42 Å². The summed E-state index contributed by atoms with van der Waals surface area (Å²) in [5, 5.41) is 0. The Bertz CT molecular complexity index is 247. The maximum Gasteiger partial charge on any atom is 0.306 e. The van der Waals surface area contributed by atoms with Crippen molar-refractivity contribution in [3.8, 4) is 0 Å². The Labute approximate surface area is 86.0 Å². The highest BCUT2D eigenvalue weighted by molar-refractivity contribution is 5.73. The third kappa shape index (κ3) is 1.55. The zero-order chi connectivity index (χ0) is 10.3. The summed E-state index contributed by atoms with van der Waals surface area (Å²) >= 11 is 0. The van der Waals surface area contributed by atoms with Crippen LogP contribution in [0.2, 0.25) is 0 Å². The van der Waals surface area contributed by atoms with Crippen LogP contribution in [0.5, 0.6) is 0 Å². The van der Waals surface area contributed by atoms with Gasteiger partial charge in [-0.3, -0.25) is 4.79 Å². The number of carbonyl (C=O) groups excluding carboxylic acids is 1. The SMILES string of the molecule is CC(C)[C@@H]1CC[C@@]2(C)CC(=O)O[C@H]2C1. The summed E-state index contributed by atoms with van der Waals surface area (Å²) in [7, 11) is 0. The van der Waals surface area contributed by atoms with E-state index in [1.54, 1.807) is 0 Å². The van der Waals surface area contributed by atoms with Crippen molar-refractivity contribution in [3.63, 3.8) is 0 Å². The largest absolute Gasteiger partial charge is 0.462 e. The molecule has 80 valence electrons. The highest BCUT2D eigenvalue weighted by Gasteiger charge is 2.48. The molecule has 2 rings (SSSR count). The standard InChI is InChI=1S/C12H20O2/c1-8(2)9-4-5-12(3)7-11(13)14-10(12)6-9/h8-10H,4-7H2,1-3H3/t9-,10+,12+/m1/s1. The number of carbonyl (C=O) groups is 1. The van der Waals surface area contributed by atoms with Crippen LogP contribution in [0.3, 0.4) is 0 Å². The number of rotatable bonds is 1. The van der Waals surface area contributed by atoms with Gasteiger partial charge in [0.25, 0.3) is 0 Å². The maximum atomic E-state index is 11.3. The Balaban J connectivity index is 2.08. The number of hydrogen-bond donors (Lipinski definition) is 0. The number of hydrogen-bond acceptors (Lipinski definition) is 2. The first-order valence-electron chi connectivity index (χ1n) is 5.71. The van der Waals surface area contributed by atoms with E-state index in [-0.39, 0.29) is 17.5 Å². The van der Waals surface area contributed by atoms with Crippen LogP contribution in [0.25, 0.3) is 0 Å². The van der Waals surface area contributed by atoms with E-state index in [9.17, 15) is 4.79 Å². The monoisotopic (exact) mass is 196 g/mol. The first-order valence-corrected chi connectivity index (χ1v) is 5.71. The van der Waals surface area contributed by atoms with Gasteiger partial charge in [-0.15, -0.1) is 0 Å². The van der Waals surface area contributed by atoms with Crippen LogP contribution in [0.1, 0.15) is 46.5 Å². The van der Waals surface area contributed by atoms with Crippen molar-refractivity contribution < 1.29 is 9.53 Å². The second kappa shape index (κ2) is 3.25. The van der Waals surface area contributed by atoms with Gasteiger partial charge in [-0.2, -0.15) is 0 Å². The topological polar surface area (TPSA) is 26.3 Å². The van der Waals surface area contributed by atoms with Crippen molar-refractivity contribution in [1.29, 1.82) is 0 Å². The highest BCUT2D eigenvalue weighted by atomic mass is 16.6. The summed E-state index contributed by atoms with van der Waals surface area (Å²) in [6.07, 6.45) is 4.35. The molecular formula is C12H20O2. The summed E-state index contributed by atoms with van der Waals surface area (Å²) in [4.78, 5) is 11.3. The molecule has 0 bridgehead atoms. The molecule has 2 aliphatic rings. The van der Waals surface area contributed by atoms with Crippen LogP contribution in [0, 0.1) is 17.3 Å². The van der Waals surface area contributed by atoms with Crippen LogP contribution in [0.15, 0.2) is 0 Å². The van der Waals surface area contributed by atoms with Gasteiger partial charge in [0, 0.05) is 5.41 Å². The second-order valence-corrected chi connectivity index (χ2v) is 5.59. The van der Waals surface area contributed by atoms with Gasteiger partial charge in [-0.25, -0.2) is 0 Å². The van der Waals surface area contributed by atoms with E-state index in [1.807, 2.05) is 0 Å². The van der Waals surface area contributed by atoms with Gasteiger partial charge in [0.2, 0.25) is 0 Å². The van der Waals surface area contributed by atoms with Gasteiger partial charge in [0.15, 0.2) is 0 Å². The Morgan fingerprint density at radius 3 is 2.86 bits per heavy atom. The third-order valence-electron chi connectivity index (χ3n) is 4.15. The lowest BCUT2D eigenvalue weighted by atomic mass is 9.67. The number of ether oxygens (including phenoxy) is 1. The third-order valence-corrected chi connectivity index (χ3v) is 4.15. The molecule has 1 aliphatic carbocycles. The molecular weight excluding hydrogens is 176 g/mol. The molecule has 0 N–H and O–H groups in total. The van der Waals surface area contributed by atoms with E-state index in [0.29, 0.717) is 6.42 Å². The normalized spacial score (nSPS) is 42.4. The minimum Gasteiger partial charge on any atom is -0.462 e. The fourth-order valence-corrected chi connectivity index (χ4v) is 2.88. The summed E-state index contributed by atoms with van der Waals surface area (Å²) in [6, 6.07) is 0. The predicted molar refractivity (Wildman–Crippen MR) is 54.8 cm³/mol. The van der Waals surface area contributed by atoms with Gasteiger partial charge >= 0.3 is 5.97 Å². The van der Waals surface area contributed by atoms with Crippen molar-refractivity contribution in [1.82, 2.24) is 0 Å². The molecule has 1 heterocycles. The van der Waals surface area contributed by atoms with Crippen LogP contribution in [-0.4, -0.2) is 12.1 Å². The van der Waals surface area contributed by atoms with Crippen molar-refractivity contribution in [2.24, 2.45) is 17.3 Å². The highest BCUT2D eigenvalue weighted by Crippen LogP contribution is 2.48. The smallest absolute Gasteiger partial charge is 0.306 e. The molecule has 0 radical (unpaired) electrons. The number of fused-ring (bicyclic) bond motifs is 1. The van der Waals surface area contributed by atoms with Gasteiger partial charge in [-0.05, 0) is 31.1 Å². The van der Waals surface area contributed by atoms with Crippen molar-refractivity contribution in [2.75, 3.05) is 0 Å². The molecule has 0 aromatic carbocycles. The fraction of sp³-hybridized carbons (Fsp3) is 0.917. The Morgan fingerprint density at radius 2 is 2.21 bits per heavy atom. The summed E-state index contributed by atoms with van der Waals surface area (Å²) in [5.74, 6) is 1.49. The first kappa shape index (κ1) is 10.0. The molecule has 3 atom stereocenters. The lowest BCUT2D eigenvalue weighted by molar-refractivity contribution is -0.143. The molecule has 1 aliphatic heterocycles. The van der Waals surface area contributed by atoms with Gasteiger partial charge in [-0.1, -0.05) is 20.8 Å². The zero-order valence-corrected chi connectivity index (χ0v) is 9.38. The molecule has 0 unspecified atom stereocenters. The van der Waals surface area contributed by atoms with Crippen molar-refractivity contribution in [3.05, 3.63) is 0 Å². The molecule has 0 aromatic heterocycles. The molecule has 0 aromatic rings. The minimum absolute atomic E-state index is 0.0157. The maximum absolute atomic E-state index is 11.3. The molecule has 14 heavy (non-hydrogen) atoms. The molecule has 1 saturated carbocycles. The molecule has 1 saturated heterocycles. The van der Waals surface area contributed by atoms with E-state index in [4.69, 9.17) is 4.74 Å². The average Bonchev–Trinajstić information content (AvgIpc) is 2.37. The summed E-state index contributed by atoms with van der Waals surface area (Å²) in [5.41, 5.74) is 0.155. The van der Waals surface area contributed by atoms with Crippen LogP contribution in [-0.2, 0) is 9.53 Å². The lowest BCUT2D eigenvalue weighted by Gasteiger charge is -2.39. The van der Waals surface area contributed by atoms with E-state index < -0.39 is 0 Å². The van der Waals surface area contributed by atoms with Gasteiger partial charge in [0.1, 0.15) is 6.10 Å². The molecule has 0 amide bonds. The van der Waals surface area contributed by atoms with E-state index >= 15 is 0 Å². The van der Waals surface area contributed by atoms with Crippen LogP contribution < -0.4 is 0 Å². The molecule has 2 fully saturated rings. The Kier molecular flexibility index (Phi) is 2.32. The Morgan fingerprint density at radius 1 is 1.50 bits per heavy atom. The Hall–Kier alpha value is -0.530. The summed E-state index contributed by atoms with van der Waals surface area (Å²) in [6.45, 7) is 6.74. The van der Waals surface area contributed by atoms with E-state index in [0.717, 1.165) is 24.7 Å². The summed E-state index contributed by atoms with van der Waals surface area (Å²) < 4.78 is 5.41. The lowest BCUT2D eigenvalue weighted by Crippen LogP contribution is -2.36.